The Hall–Kier alpha value is -0.810. The standard InChI is InChI=1S/C17H32N2O3/c1-5-21-15-9-14(10-15)18-11-13-7-6-8-19(12-13)16(20)22-17(2,3)4/h13-15,18H,5-12H2,1-4H3. The van der Waals surface area contributed by atoms with Gasteiger partial charge in [0, 0.05) is 25.7 Å². The lowest BCUT2D eigenvalue weighted by Gasteiger charge is -2.38. The van der Waals surface area contributed by atoms with Crippen molar-refractivity contribution in [3.8, 4) is 0 Å². The first-order valence-electron chi connectivity index (χ1n) is 8.70. The lowest BCUT2D eigenvalue weighted by molar-refractivity contribution is -0.0118. The van der Waals surface area contributed by atoms with Crippen LogP contribution in [0.25, 0.3) is 0 Å². The monoisotopic (exact) mass is 312 g/mol. The van der Waals surface area contributed by atoms with Gasteiger partial charge in [0.2, 0.25) is 0 Å². The molecule has 1 N–H and O–H groups in total. The maximum atomic E-state index is 12.1. The van der Waals surface area contributed by atoms with Gasteiger partial charge in [-0.15, -0.1) is 0 Å². The second-order valence-corrected chi connectivity index (χ2v) is 7.59. The number of carbonyl (C=O) groups excluding carboxylic acids is 1. The van der Waals surface area contributed by atoms with Crippen molar-refractivity contribution >= 4 is 6.09 Å². The van der Waals surface area contributed by atoms with Gasteiger partial charge in [-0.05, 0) is 65.8 Å². The number of hydrogen-bond acceptors (Lipinski definition) is 4. The minimum atomic E-state index is -0.414. The first kappa shape index (κ1) is 17.5. The molecular formula is C17H32N2O3. The maximum absolute atomic E-state index is 12.1. The zero-order valence-electron chi connectivity index (χ0n) is 14.6. The van der Waals surface area contributed by atoms with E-state index in [1.54, 1.807) is 0 Å². The molecule has 1 aliphatic heterocycles. The highest BCUT2D eigenvalue weighted by molar-refractivity contribution is 5.68. The fraction of sp³-hybridized carbons (Fsp3) is 0.941. The number of amides is 1. The average molecular weight is 312 g/mol. The molecule has 1 aliphatic carbocycles. The summed E-state index contributed by atoms with van der Waals surface area (Å²) in [6.07, 6.45) is 4.78. The molecule has 22 heavy (non-hydrogen) atoms. The Morgan fingerprint density at radius 1 is 1.32 bits per heavy atom. The Morgan fingerprint density at radius 2 is 2.05 bits per heavy atom. The summed E-state index contributed by atoms with van der Waals surface area (Å²) in [5, 5.41) is 3.63. The summed E-state index contributed by atoms with van der Waals surface area (Å²) in [5.74, 6) is 0.535. The van der Waals surface area contributed by atoms with Crippen molar-refractivity contribution in [2.45, 2.75) is 71.1 Å². The molecule has 1 amide bonds. The molecule has 1 heterocycles. The topological polar surface area (TPSA) is 50.8 Å². The Balaban J connectivity index is 1.67. The third-order valence-electron chi connectivity index (χ3n) is 4.36. The van der Waals surface area contributed by atoms with Crippen molar-refractivity contribution in [3.63, 3.8) is 0 Å². The van der Waals surface area contributed by atoms with Crippen molar-refractivity contribution < 1.29 is 14.3 Å². The number of likely N-dealkylation sites (tertiary alicyclic amines) is 1. The number of rotatable bonds is 5. The molecule has 1 unspecified atom stereocenters. The molecule has 1 atom stereocenters. The summed E-state index contributed by atoms with van der Waals surface area (Å²) >= 11 is 0. The lowest BCUT2D eigenvalue weighted by Crippen LogP contribution is -2.50. The summed E-state index contributed by atoms with van der Waals surface area (Å²) < 4.78 is 11.1. The van der Waals surface area contributed by atoms with E-state index in [9.17, 15) is 4.79 Å². The summed E-state index contributed by atoms with van der Waals surface area (Å²) in [6, 6.07) is 0.591. The number of nitrogens with one attached hydrogen (secondary N) is 1. The number of ether oxygens (including phenoxy) is 2. The van der Waals surface area contributed by atoms with Crippen LogP contribution in [-0.2, 0) is 9.47 Å². The van der Waals surface area contributed by atoms with Gasteiger partial charge in [-0.25, -0.2) is 4.79 Å². The SMILES string of the molecule is CCOC1CC(NCC2CCCN(C(=O)OC(C)(C)C)C2)C1. The van der Waals surface area contributed by atoms with Crippen LogP contribution in [0.2, 0.25) is 0 Å². The second kappa shape index (κ2) is 7.64. The van der Waals surface area contributed by atoms with Crippen LogP contribution in [0, 0.1) is 5.92 Å². The van der Waals surface area contributed by atoms with Gasteiger partial charge in [0.15, 0.2) is 0 Å². The number of piperidine rings is 1. The summed E-state index contributed by atoms with van der Waals surface area (Å²) in [5.41, 5.74) is -0.414. The fourth-order valence-electron chi connectivity index (χ4n) is 3.16. The Labute approximate surface area is 134 Å². The smallest absolute Gasteiger partial charge is 0.410 e. The molecular weight excluding hydrogens is 280 g/mol. The zero-order valence-corrected chi connectivity index (χ0v) is 14.6. The quantitative estimate of drug-likeness (QED) is 0.848. The molecule has 0 bridgehead atoms. The fourth-order valence-corrected chi connectivity index (χ4v) is 3.16. The van der Waals surface area contributed by atoms with E-state index >= 15 is 0 Å². The molecule has 0 aromatic rings. The van der Waals surface area contributed by atoms with E-state index in [1.807, 2.05) is 32.6 Å². The maximum Gasteiger partial charge on any atom is 0.410 e. The second-order valence-electron chi connectivity index (χ2n) is 7.59. The molecule has 5 nitrogen and oxygen atoms in total. The van der Waals surface area contributed by atoms with Crippen LogP contribution in [-0.4, -0.2) is 55.0 Å². The lowest BCUT2D eigenvalue weighted by atomic mass is 9.88. The first-order valence-corrected chi connectivity index (χ1v) is 8.70. The number of hydrogen-bond donors (Lipinski definition) is 1. The third kappa shape index (κ3) is 5.43. The van der Waals surface area contributed by atoms with Crippen LogP contribution in [0.5, 0.6) is 0 Å². The molecule has 2 fully saturated rings. The van der Waals surface area contributed by atoms with E-state index in [0.29, 0.717) is 18.1 Å². The van der Waals surface area contributed by atoms with Crippen molar-refractivity contribution in [3.05, 3.63) is 0 Å². The van der Waals surface area contributed by atoms with Gasteiger partial charge in [0.1, 0.15) is 5.60 Å². The van der Waals surface area contributed by atoms with E-state index in [0.717, 1.165) is 45.5 Å². The molecule has 128 valence electrons. The molecule has 1 saturated heterocycles. The van der Waals surface area contributed by atoms with E-state index < -0.39 is 5.60 Å². The summed E-state index contributed by atoms with van der Waals surface area (Å²) in [6.45, 7) is 11.2. The molecule has 2 aliphatic rings. The van der Waals surface area contributed by atoms with Gasteiger partial charge in [0.05, 0.1) is 6.10 Å². The molecule has 1 saturated carbocycles. The number of nitrogens with zero attached hydrogens (tertiary/aromatic N) is 1. The Bertz CT molecular complexity index is 361. The largest absolute Gasteiger partial charge is 0.444 e. The third-order valence-corrected chi connectivity index (χ3v) is 4.36. The van der Waals surface area contributed by atoms with Crippen LogP contribution in [0.15, 0.2) is 0 Å². The van der Waals surface area contributed by atoms with Gasteiger partial charge in [-0.3, -0.25) is 0 Å². The average Bonchev–Trinajstić information content (AvgIpc) is 2.39. The van der Waals surface area contributed by atoms with Gasteiger partial charge >= 0.3 is 6.09 Å². The molecule has 0 aromatic heterocycles. The highest BCUT2D eigenvalue weighted by atomic mass is 16.6. The van der Waals surface area contributed by atoms with Gasteiger partial charge < -0.3 is 19.7 Å². The van der Waals surface area contributed by atoms with Crippen LogP contribution >= 0.6 is 0 Å². The van der Waals surface area contributed by atoms with E-state index in [1.165, 1.54) is 6.42 Å². The van der Waals surface area contributed by atoms with Crippen molar-refractivity contribution in [2.75, 3.05) is 26.2 Å². The minimum Gasteiger partial charge on any atom is -0.444 e. The Morgan fingerprint density at radius 3 is 2.68 bits per heavy atom. The molecule has 0 spiro atoms. The molecule has 2 rings (SSSR count). The first-order chi connectivity index (χ1) is 10.4. The van der Waals surface area contributed by atoms with Crippen molar-refractivity contribution in [1.82, 2.24) is 10.2 Å². The zero-order chi connectivity index (χ0) is 16.2. The normalized spacial score (nSPS) is 29.1. The number of carbonyl (C=O) groups is 1. The minimum absolute atomic E-state index is 0.169. The highest BCUT2D eigenvalue weighted by Gasteiger charge is 2.31. The summed E-state index contributed by atoms with van der Waals surface area (Å²) in [7, 11) is 0. The summed E-state index contributed by atoms with van der Waals surface area (Å²) in [4.78, 5) is 14.0. The van der Waals surface area contributed by atoms with Crippen LogP contribution in [0.3, 0.4) is 0 Å². The van der Waals surface area contributed by atoms with E-state index in [-0.39, 0.29) is 6.09 Å². The van der Waals surface area contributed by atoms with Crippen LogP contribution < -0.4 is 5.32 Å². The highest BCUT2D eigenvalue weighted by Crippen LogP contribution is 2.24. The van der Waals surface area contributed by atoms with Crippen molar-refractivity contribution in [1.29, 1.82) is 0 Å². The predicted molar refractivity (Wildman–Crippen MR) is 87.0 cm³/mol. The Kier molecular flexibility index (Phi) is 6.09. The molecule has 0 aromatic carbocycles. The molecule has 5 heteroatoms. The molecule has 0 radical (unpaired) electrons. The van der Waals surface area contributed by atoms with Gasteiger partial charge in [0.25, 0.3) is 0 Å². The van der Waals surface area contributed by atoms with E-state index in [2.05, 4.69) is 5.32 Å². The predicted octanol–water partition coefficient (Wildman–Crippen LogP) is 2.79. The van der Waals surface area contributed by atoms with Crippen LogP contribution in [0.1, 0.15) is 53.4 Å². The van der Waals surface area contributed by atoms with Gasteiger partial charge in [-0.1, -0.05) is 0 Å². The van der Waals surface area contributed by atoms with Gasteiger partial charge in [-0.2, -0.15) is 0 Å². The van der Waals surface area contributed by atoms with Crippen LogP contribution in [0.4, 0.5) is 4.79 Å². The van der Waals surface area contributed by atoms with Crippen molar-refractivity contribution in [2.24, 2.45) is 5.92 Å². The van der Waals surface area contributed by atoms with E-state index in [4.69, 9.17) is 9.47 Å².